The van der Waals surface area contributed by atoms with Gasteiger partial charge in [0.1, 0.15) is 5.01 Å². The van der Waals surface area contributed by atoms with Crippen molar-refractivity contribution in [3.05, 3.63) is 16.6 Å². The second kappa shape index (κ2) is 5.32. The molecule has 1 heterocycles. The summed E-state index contributed by atoms with van der Waals surface area (Å²) >= 11 is 1.65. The van der Waals surface area contributed by atoms with Gasteiger partial charge in [-0.2, -0.15) is 0 Å². The van der Waals surface area contributed by atoms with Crippen LogP contribution in [0.1, 0.15) is 24.9 Å². The fourth-order valence-corrected chi connectivity index (χ4v) is 1.65. The lowest BCUT2D eigenvalue weighted by atomic mass is 10.2. The van der Waals surface area contributed by atoms with Crippen LogP contribution >= 0.6 is 11.3 Å². The van der Waals surface area contributed by atoms with Gasteiger partial charge in [0.05, 0.1) is 6.04 Å². The molecule has 1 aromatic rings. The molecule has 0 amide bonds. The third kappa shape index (κ3) is 3.42. The lowest BCUT2D eigenvalue weighted by Gasteiger charge is -2.13. The Balaban J connectivity index is 2.30. The molecule has 2 atom stereocenters. The lowest BCUT2D eigenvalue weighted by Crippen LogP contribution is -2.25. The average molecular weight is 200 g/mol. The van der Waals surface area contributed by atoms with Gasteiger partial charge in [0.25, 0.3) is 0 Å². The second-order valence-corrected chi connectivity index (χ2v) is 4.21. The van der Waals surface area contributed by atoms with E-state index in [9.17, 15) is 0 Å². The van der Waals surface area contributed by atoms with Gasteiger partial charge in [-0.15, -0.1) is 11.3 Å². The Morgan fingerprint density at radius 3 is 2.92 bits per heavy atom. The SMILES string of the molecule is CC(CO)CNC(C)c1nccs1. The monoisotopic (exact) mass is 200 g/mol. The summed E-state index contributed by atoms with van der Waals surface area (Å²) in [6.07, 6.45) is 1.81. The third-order valence-electron chi connectivity index (χ3n) is 1.91. The van der Waals surface area contributed by atoms with Gasteiger partial charge in [-0.1, -0.05) is 6.92 Å². The van der Waals surface area contributed by atoms with Crippen molar-refractivity contribution in [2.75, 3.05) is 13.2 Å². The van der Waals surface area contributed by atoms with Gasteiger partial charge in [-0.3, -0.25) is 0 Å². The highest BCUT2D eigenvalue weighted by atomic mass is 32.1. The third-order valence-corrected chi connectivity index (χ3v) is 2.86. The molecule has 0 aromatic carbocycles. The smallest absolute Gasteiger partial charge is 0.109 e. The molecule has 3 nitrogen and oxygen atoms in total. The predicted octanol–water partition coefficient (Wildman–Crippen LogP) is 1.42. The van der Waals surface area contributed by atoms with Crippen LogP contribution in [-0.4, -0.2) is 23.2 Å². The molecule has 0 radical (unpaired) electrons. The van der Waals surface area contributed by atoms with Crippen LogP contribution in [0.25, 0.3) is 0 Å². The first kappa shape index (κ1) is 10.6. The summed E-state index contributed by atoms with van der Waals surface area (Å²) in [5, 5.41) is 15.2. The number of aromatic nitrogens is 1. The van der Waals surface area contributed by atoms with E-state index in [1.165, 1.54) is 0 Å². The van der Waals surface area contributed by atoms with Crippen molar-refractivity contribution in [2.24, 2.45) is 5.92 Å². The van der Waals surface area contributed by atoms with Gasteiger partial charge in [-0.05, 0) is 12.8 Å². The maximum absolute atomic E-state index is 8.83. The highest BCUT2D eigenvalue weighted by Gasteiger charge is 2.08. The summed E-state index contributed by atoms with van der Waals surface area (Å²) in [5.74, 6) is 0.308. The summed E-state index contributed by atoms with van der Waals surface area (Å²) in [6.45, 7) is 5.17. The Kier molecular flexibility index (Phi) is 4.35. The fourth-order valence-electron chi connectivity index (χ4n) is 0.978. The minimum atomic E-state index is 0.234. The number of nitrogens with zero attached hydrogens (tertiary/aromatic N) is 1. The molecule has 4 heteroatoms. The maximum Gasteiger partial charge on any atom is 0.109 e. The van der Waals surface area contributed by atoms with Crippen LogP contribution in [0.15, 0.2) is 11.6 Å². The standard InChI is InChI=1S/C9H16N2OS/c1-7(6-12)5-11-8(2)9-10-3-4-13-9/h3-4,7-8,11-12H,5-6H2,1-2H3. The normalized spacial score (nSPS) is 15.6. The van der Waals surface area contributed by atoms with Crippen molar-refractivity contribution < 1.29 is 5.11 Å². The molecule has 0 aliphatic rings. The predicted molar refractivity (Wildman–Crippen MR) is 54.8 cm³/mol. The van der Waals surface area contributed by atoms with Gasteiger partial charge in [0, 0.05) is 24.7 Å². The van der Waals surface area contributed by atoms with E-state index in [0.29, 0.717) is 5.92 Å². The number of hydrogen-bond donors (Lipinski definition) is 2. The molecular formula is C9H16N2OS. The number of aliphatic hydroxyl groups excluding tert-OH is 1. The van der Waals surface area contributed by atoms with Crippen LogP contribution in [0, 0.1) is 5.92 Å². The highest BCUT2D eigenvalue weighted by molar-refractivity contribution is 7.09. The van der Waals surface area contributed by atoms with E-state index in [1.807, 2.05) is 18.5 Å². The molecule has 0 bridgehead atoms. The highest BCUT2D eigenvalue weighted by Crippen LogP contribution is 2.14. The van der Waals surface area contributed by atoms with Crippen molar-refractivity contribution >= 4 is 11.3 Å². The van der Waals surface area contributed by atoms with E-state index in [1.54, 1.807) is 11.3 Å². The zero-order chi connectivity index (χ0) is 9.68. The Hall–Kier alpha value is -0.450. The number of rotatable bonds is 5. The van der Waals surface area contributed by atoms with Crippen LogP contribution in [0.2, 0.25) is 0 Å². The van der Waals surface area contributed by atoms with Crippen molar-refractivity contribution in [3.63, 3.8) is 0 Å². The van der Waals surface area contributed by atoms with Crippen molar-refractivity contribution in [3.8, 4) is 0 Å². The first-order valence-electron chi connectivity index (χ1n) is 4.47. The van der Waals surface area contributed by atoms with Gasteiger partial charge in [0.2, 0.25) is 0 Å². The molecule has 74 valence electrons. The molecule has 0 spiro atoms. The summed E-state index contributed by atoms with van der Waals surface area (Å²) in [6, 6.07) is 0.286. The van der Waals surface area contributed by atoms with E-state index in [0.717, 1.165) is 11.6 Å². The van der Waals surface area contributed by atoms with Gasteiger partial charge in [0.15, 0.2) is 0 Å². The largest absolute Gasteiger partial charge is 0.396 e. The van der Waals surface area contributed by atoms with Crippen LogP contribution in [0.3, 0.4) is 0 Å². The zero-order valence-corrected chi connectivity index (χ0v) is 8.84. The zero-order valence-electron chi connectivity index (χ0n) is 8.03. The molecule has 0 saturated carbocycles. The number of nitrogens with one attached hydrogen (secondary N) is 1. The molecule has 0 saturated heterocycles. The van der Waals surface area contributed by atoms with Crippen LogP contribution in [-0.2, 0) is 0 Å². The van der Waals surface area contributed by atoms with Crippen LogP contribution < -0.4 is 5.32 Å². The molecule has 2 unspecified atom stereocenters. The molecule has 0 fully saturated rings. The fraction of sp³-hybridized carbons (Fsp3) is 0.667. The summed E-state index contributed by atoms with van der Waals surface area (Å²) in [4.78, 5) is 4.21. The molecule has 2 N–H and O–H groups in total. The van der Waals surface area contributed by atoms with E-state index in [-0.39, 0.29) is 12.6 Å². The van der Waals surface area contributed by atoms with Gasteiger partial charge >= 0.3 is 0 Å². The maximum atomic E-state index is 8.83. The first-order chi connectivity index (χ1) is 6.24. The minimum Gasteiger partial charge on any atom is -0.396 e. The number of thiazole rings is 1. The summed E-state index contributed by atoms with van der Waals surface area (Å²) in [7, 11) is 0. The van der Waals surface area contributed by atoms with E-state index in [4.69, 9.17) is 5.11 Å². The Morgan fingerprint density at radius 2 is 2.38 bits per heavy atom. The number of aliphatic hydroxyl groups is 1. The summed E-state index contributed by atoms with van der Waals surface area (Å²) in [5.41, 5.74) is 0. The van der Waals surface area contributed by atoms with Crippen LogP contribution in [0.5, 0.6) is 0 Å². The molecule has 1 aromatic heterocycles. The number of hydrogen-bond acceptors (Lipinski definition) is 4. The van der Waals surface area contributed by atoms with E-state index < -0.39 is 0 Å². The molecular weight excluding hydrogens is 184 g/mol. The molecule has 0 aliphatic carbocycles. The van der Waals surface area contributed by atoms with E-state index >= 15 is 0 Å². The Morgan fingerprint density at radius 1 is 1.62 bits per heavy atom. The molecule has 0 aliphatic heterocycles. The lowest BCUT2D eigenvalue weighted by molar-refractivity contribution is 0.231. The first-order valence-corrected chi connectivity index (χ1v) is 5.35. The van der Waals surface area contributed by atoms with E-state index in [2.05, 4.69) is 17.2 Å². The van der Waals surface area contributed by atoms with Crippen molar-refractivity contribution in [1.82, 2.24) is 10.3 Å². The second-order valence-electron chi connectivity index (χ2n) is 3.29. The van der Waals surface area contributed by atoms with Crippen molar-refractivity contribution in [1.29, 1.82) is 0 Å². The molecule has 1 rings (SSSR count). The Bertz CT molecular complexity index is 226. The van der Waals surface area contributed by atoms with Crippen LogP contribution in [0.4, 0.5) is 0 Å². The summed E-state index contributed by atoms with van der Waals surface area (Å²) < 4.78 is 0. The van der Waals surface area contributed by atoms with Gasteiger partial charge in [-0.25, -0.2) is 4.98 Å². The van der Waals surface area contributed by atoms with Crippen molar-refractivity contribution in [2.45, 2.75) is 19.9 Å². The van der Waals surface area contributed by atoms with Gasteiger partial charge < -0.3 is 10.4 Å². The topological polar surface area (TPSA) is 45.1 Å². The average Bonchev–Trinajstić information content (AvgIpc) is 2.66. The Labute approximate surface area is 82.8 Å². The molecule has 13 heavy (non-hydrogen) atoms. The quantitative estimate of drug-likeness (QED) is 0.755. The minimum absolute atomic E-state index is 0.234.